The number of aryl methyl sites for hydroxylation is 1. The topological polar surface area (TPSA) is 77.0 Å². The van der Waals surface area contributed by atoms with Gasteiger partial charge in [-0.05, 0) is 31.2 Å². The van der Waals surface area contributed by atoms with E-state index in [1.54, 1.807) is 16.8 Å². The minimum absolute atomic E-state index is 0.244. The Labute approximate surface area is 93.5 Å². The maximum Gasteiger partial charge on any atom is 0.115 e. The molecule has 3 N–H and O–H groups in total. The van der Waals surface area contributed by atoms with Crippen molar-refractivity contribution in [3.05, 3.63) is 30.0 Å². The molecule has 16 heavy (non-hydrogen) atoms. The van der Waals surface area contributed by atoms with Gasteiger partial charge in [0.05, 0.1) is 5.69 Å². The van der Waals surface area contributed by atoms with E-state index in [0.717, 1.165) is 23.5 Å². The van der Waals surface area contributed by atoms with Gasteiger partial charge in [0.25, 0.3) is 0 Å². The molecule has 0 aliphatic heterocycles. The average molecular weight is 218 g/mol. The first-order chi connectivity index (χ1) is 7.76. The molecule has 1 aromatic carbocycles. The zero-order valence-electron chi connectivity index (χ0n) is 9.09. The Bertz CT molecular complexity index is 454. The van der Waals surface area contributed by atoms with E-state index in [4.69, 9.17) is 5.73 Å². The summed E-state index contributed by atoms with van der Waals surface area (Å²) in [6.07, 6.45) is 0. The lowest BCUT2D eigenvalue weighted by atomic mass is 10.1. The molecule has 0 unspecified atom stereocenters. The van der Waals surface area contributed by atoms with Crippen molar-refractivity contribution in [3.8, 4) is 17.0 Å². The highest BCUT2D eigenvalue weighted by Gasteiger charge is 2.12. The minimum Gasteiger partial charge on any atom is -0.508 e. The van der Waals surface area contributed by atoms with Crippen molar-refractivity contribution in [3.63, 3.8) is 0 Å². The second-order valence-electron chi connectivity index (χ2n) is 3.45. The molecule has 0 spiro atoms. The van der Waals surface area contributed by atoms with Crippen LogP contribution in [0.4, 0.5) is 0 Å². The van der Waals surface area contributed by atoms with E-state index in [0.29, 0.717) is 6.54 Å². The fourth-order valence-electron chi connectivity index (χ4n) is 1.64. The quantitative estimate of drug-likeness (QED) is 0.809. The highest BCUT2D eigenvalue weighted by Crippen LogP contribution is 2.23. The molecule has 0 saturated heterocycles. The van der Waals surface area contributed by atoms with Crippen LogP contribution in [0.1, 0.15) is 12.6 Å². The Balaban J connectivity index is 2.52. The smallest absolute Gasteiger partial charge is 0.115 e. The van der Waals surface area contributed by atoms with Gasteiger partial charge >= 0.3 is 0 Å². The molecule has 0 aliphatic rings. The van der Waals surface area contributed by atoms with Crippen LogP contribution in [0.2, 0.25) is 0 Å². The Morgan fingerprint density at radius 3 is 2.56 bits per heavy atom. The van der Waals surface area contributed by atoms with Crippen LogP contribution in [-0.4, -0.2) is 20.1 Å². The molecule has 0 saturated carbocycles. The Morgan fingerprint density at radius 1 is 1.31 bits per heavy atom. The molecule has 0 atom stereocenters. The number of nitrogens with two attached hydrogens (primary N) is 1. The van der Waals surface area contributed by atoms with Gasteiger partial charge in [-0.3, -0.25) is 0 Å². The number of phenolic OH excluding ortho intramolecular Hbond substituents is 1. The highest BCUT2D eigenvalue weighted by molar-refractivity contribution is 5.62. The summed E-state index contributed by atoms with van der Waals surface area (Å²) in [5, 5.41) is 17.3. The van der Waals surface area contributed by atoms with E-state index in [9.17, 15) is 5.11 Å². The molecule has 1 heterocycles. The van der Waals surface area contributed by atoms with Crippen molar-refractivity contribution in [1.29, 1.82) is 0 Å². The third-order valence-corrected chi connectivity index (χ3v) is 2.44. The van der Waals surface area contributed by atoms with Crippen LogP contribution in [0.15, 0.2) is 24.3 Å². The van der Waals surface area contributed by atoms with Crippen LogP contribution in [0.25, 0.3) is 11.3 Å². The Morgan fingerprint density at radius 2 is 2.00 bits per heavy atom. The Hall–Kier alpha value is -1.88. The van der Waals surface area contributed by atoms with Crippen molar-refractivity contribution < 1.29 is 5.11 Å². The van der Waals surface area contributed by atoms with Crippen LogP contribution in [0.5, 0.6) is 5.75 Å². The number of benzene rings is 1. The van der Waals surface area contributed by atoms with E-state index in [1.807, 2.05) is 19.1 Å². The van der Waals surface area contributed by atoms with E-state index in [1.165, 1.54) is 0 Å². The summed E-state index contributed by atoms with van der Waals surface area (Å²) in [5.74, 6) is 0.244. The zero-order chi connectivity index (χ0) is 11.5. The van der Waals surface area contributed by atoms with Crippen LogP contribution < -0.4 is 5.73 Å². The lowest BCUT2D eigenvalue weighted by Crippen LogP contribution is -2.02. The standard InChI is InChI=1S/C11H14N4O/c1-2-15-11(10(7-12)13-14-15)8-3-5-9(16)6-4-8/h3-6,16H,2,7,12H2,1H3. The second kappa shape index (κ2) is 4.32. The van der Waals surface area contributed by atoms with Crippen LogP contribution in [0, 0.1) is 0 Å². The number of hydrogen-bond donors (Lipinski definition) is 2. The number of nitrogens with zero attached hydrogens (tertiary/aromatic N) is 3. The predicted molar refractivity (Wildman–Crippen MR) is 60.7 cm³/mol. The summed E-state index contributed by atoms with van der Waals surface area (Å²) in [6, 6.07) is 6.95. The molecule has 0 radical (unpaired) electrons. The number of hydrogen-bond acceptors (Lipinski definition) is 4. The van der Waals surface area contributed by atoms with E-state index in [2.05, 4.69) is 10.3 Å². The summed E-state index contributed by atoms with van der Waals surface area (Å²) < 4.78 is 1.80. The van der Waals surface area contributed by atoms with Gasteiger partial charge in [0.1, 0.15) is 11.4 Å². The van der Waals surface area contributed by atoms with E-state index >= 15 is 0 Å². The van der Waals surface area contributed by atoms with Gasteiger partial charge in [-0.25, -0.2) is 4.68 Å². The third kappa shape index (κ3) is 1.77. The molecule has 0 fully saturated rings. The minimum atomic E-state index is 0.244. The molecular weight excluding hydrogens is 204 g/mol. The molecule has 1 aromatic heterocycles. The van der Waals surface area contributed by atoms with Gasteiger partial charge < -0.3 is 10.8 Å². The fraction of sp³-hybridized carbons (Fsp3) is 0.273. The first kappa shape index (κ1) is 10.6. The summed E-state index contributed by atoms with van der Waals surface area (Å²) in [5.41, 5.74) is 8.28. The number of rotatable bonds is 3. The third-order valence-electron chi connectivity index (χ3n) is 2.44. The first-order valence-corrected chi connectivity index (χ1v) is 5.18. The fourth-order valence-corrected chi connectivity index (χ4v) is 1.64. The normalized spacial score (nSPS) is 10.6. The molecular formula is C11H14N4O. The molecule has 2 rings (SSSR count). The van der Waals surface area contributed by atoms with Gasteiger partial charge in [0, 0.05) is 18.7 Å². The SMILES string of the molecule is CCn1nnc(CN)c1-c1ccc(O)cc1. The van der Waals surface area contributed by atoms with Gasteiger partial charge in [0.2, 0.25) is 0 Å². The number of aromatic hydroxyl groups is 1. The number of phenols is 1. The zero-order valence-corrected chi connectivity index (χ0v) is 9.09. The summed E-state index contributed by atoms with van der Waals surface area (Å²) >= 11 is 0. The van der Waals surface area contributed by atoms with Gasteiger partial charge in [-0.1, -0.05) is 5.21 Å². The van der Waals surface area contributed by atoms with Gasteiger partial charge in [-0.15, -0.1) is 5.10 Å². The summed E-state index contributed by atoms with van der Waals surface area (Å²) in [6.45, 7) is 3.10. The van der Waals surface area contributed by atoms with Crippen molar-refractivity contribution in [2.75, 3.05) is 0 Å². The molecule has 0 amide bonds. The summed E-state index contributed by atoms with van der Waals surface area (Å²) in [4.78, 5) is 0. The van der Waals surface area contributed by atoms with Crippen molar-refractivity contribution in [2.24, 2.45) is 5.73 Å². The first-order valence-electron chi connectivity index (χ1n) is 5.18. The lowest BCUT2D eigenvalue weighted by molar-refractivity contribution is 0.475. The molecule has 5 nitrogen and oxygen atoms in total. The van der Waals surface area contributed by atoms with Crippen molar-refractivity contribution in [2.45, 2.75) is 20.0 Å². The maximum absolute atomic E-state index is 9.24. The van der Waals surface area contributed by atoms with E-state index in [-0.39, 0.29) is 5.75 Å². The van der Waals surface area contributed by atoms with E-state index < -0.39 is 0 Å². The molecule has 84 valence electrons. The lowest BCUT2D eigenvalue weighted by Gasteiger charge is -2.05. The van der Waals surface area contributed by atoms with Crippen LogP contribution >= 0.6 is 0 Å². The predicted octanol–water partition coefficient (Wildman–Crippen LogP) is 1.13. The van der Waals surface area contributed by atoms with Crippen molar-refractivity contribution >= 4 is 0 Å². The monoisotopic (exact) mass is 218 g/mol. The molecule has 0 bridgehead atoms. The maximum atomic E-state index is 9.24. The molecule has 5 heteroatoms. The van der Waals surface area contributed by atoms with Gasteiger partial charge in [0.15, 0.2) is 0 Å². The molecule has 0 aliphatic carbocycles. The average Bonchev–Trinajstić information content (AvgIpc) is 2.73. The molecule has 2 aromatic rings. The van der Waals surface area contributed by atoms with Crippen LogP contribution in [-0.2, 0) is 13.1 Å². The highest BCUT2D eigenvalue weighted by atomic mass is 16.3. The second-order valence-corrected chi connectivity index (χ2v) is 3.45. The van der Waals surface area contributed by atoms with Gasteiger partial charge in [-0.2, -0.15) is 0 Å². The summed E-state index contributed by atoms with van der Waals surface area (Å²) in [7, 11) is 0. The number of aromatic nitrogens is 3. The Kier molecular flexibility index (Phi) is 2.87. The van der Waals surface area contributed by atoms with Crippen molar-refractivity contribution in [1.82, 2.24) is 15.0 Å². The largest absolute Gasteiger partial charge is 0.508 e. The van der Waals surface area contributed by atoms with Crippen LogP contribution in [0.3, 0.4) is 0 Å².